The van der Waals surface area contributed by atoms with E-state index >= 15 is 0 Å². The molecule has 2 N–H and O–H groups in total. The fraction of sp³-hybridized carbons (Fsp3) is 1.00. The van der Waals surface area contributed by atoms with Gasteiger partial charge in [-0.05, 0) is 98.7 Å². The molecule has 0 bridgehead atoms. The summed E-state index contributed by atoms with van der Waals surface area (Å²) in [5.74, 6) is 3.78. The molecule has 132 valence electrons. The Kier molecular flexibility index (Phi) is 3.54. The number of aliphatic hydroxyl groups is 2. The average molecular weight is 321 g/mol. The molecule has 0 saturated heterocycles. The smallest absolute Gasteiger partial charge is 0.0675 e. The topological polar surface area (TPSA) is 40.5 Å². The van der Waals surface area contributed by atoms with Crippen LogP contribution in [0.1, 0.15) is 79.1 Å². The summed E-state index contributed by atoms with van der Waals surface area (Å²) < 4.78 is 0. The average Bonchev–Trinajstić information content (AvgIpc) is 2.72. The molecule has 0 unspecified atom stereocenters. The minimum atomic E-state index is -0.469. The number of rotatable bonds is 0. The second-order valence-corrected chi connectivity index (χ2v) is 10.4. The van der Waals surface area contributed by atoms with Crippen LogP contribution in [-0.2, 0) is 0 Å². The van der Waals surface area contributed by atoms with E-state index in [0.717, 1.165) is 37.0 Å². The summed E-state index contributed by atoms with van der Waals surface area (Å²) in [5, 5.41) is 21.2. The van der Waals surface area contributed by atoms with Crippen LogP contribution in [0.4, 0.5) is 0 Å². The van der Waals surface area contributed by atoms with Gasteiger partial charge in [-0.3, -0.25) is 0 Å². The first-order valence-corrected chi connectivity index (χ1v) is 10.1. The lowest BCUT2D eigenvalue weighted by Gasteiger charge is -2.63. The van der Waals surface area contributed by atoms with Gasteiger partial charge in [0.1, 0.15) is 0 Å². The van der Waals surface area contributed by atoms with Crippen LogP contribution in [0.15, 0.2) is 0 Å². The Morgan fingerprint density at radius 1 is 0.870 bits per heavy atom. The molecule has 2 heteroatoms. The Morgan fingerprint density at radius 2 is 1.57 bits per heavy atom. The molecule has 0 aromatic rings. The Balaban J connectivity index is 1.68. The first-order valence-electron chi connectivity index (χ1n) is 10.1. The molecule has 2 nitrogen and oxygen atoms in total. The lowest BCUT2D eigenvalue weighted by molar-refractivity contribution is -0.169. The molecule has 4 fully saturated rings. The Bertz CT molecular complexity index is 486. The van der Waals surface area contributed by atoms with Crippen molar-refractivity contribution in [3.63, 3.8) is 0 Å². The van der Waals surface area contributed by atoms with E-state index in [4.69, 9.17) is 0 Å². The lowest BCUT2D eigenvalue weighted by Crippen LogP contribution is -2.58. The van der Waals surface area contributed by atoms with Crippen molar-refractivity contribution in [2.45, 2.75) is 90.8 Å². The molecule has 4 aliphatic rings. The third-order valence-electron chi connectivity index (χ3n) is 9.56. The molecular formula is C21H36O2. The molecule has 0 amide bonds. The monoisotopic (exact) mass is 320 g/mol. The van der Waals surface area contributed by atoms with Crippen molar-refractivity contribution >= 4 is 0 Å². The molecule has 0 heterocycles. The SMILES string of the molecule is C[C@H]1C[C@@H]2C[C@H](O)CC[C@]2(C)[C@H]2CC[C@@]3(C)[C@@H](CC[C@]3(C)O)[C@H]12. The maximum absolute atomic E-state index is 11.0. The minimum absolute atomic E-state index is 0.0575. The molecule has 0 aliphatic heterocycles. The molecule has 4 saturated carbocycles. The highest BCUT2D eigenvalue weighted by Crippen LogP contribution is 2.69. The first kappa shape index (κ1) is 16.4. The van der Waals surface area contributed by atoms with E-state index in [9.17, 15) is 10.2 Å². The summed E-state index contributed by atoms with van der Waals surface area (Å²) in [6.07, 6.45) is 9.19. The maximum Gasteiger partial charge on any atom is 0.0675 e. The summed E-state index contributed by atoms with van der Waals surface area (Å²) in [7, 11) is 0. The van der Waals surface area contributed by atoms with Gasteiger partial charge in [0, 0.05) is 0 Å². The predicted octanol–water partition coefficient (Wildman–Crippen LogP) is 4.39. The number of hydrogen-bond donors (Lipinski definition) is 2. The van der Waals surface area contributed by atoms with Crippen LogP contribution < -0.4 is 0 Å². The van der Waals surface area contributed by atoms with E-state index in [1.54, 1.807) is 0 Å². The standard InChI is InChI=1S/C21H36O2/c1-13-11-14-12-15(22)5-8-19(14,2)16-6-9-20(3)17(18(13)16)7-10-21(20,4)23/h13-18,22-23H,5-12H2,1-4H3/t13-,14+,15+,16-,17-,18+,19-,20-,21-/m0/s1. The fourth-order valence-corrected chi connectivity index (χ4v) is 7.86. The van der Waals surface area contributed by atoms with Crippen molar-refractivity contribution in [2.75, 3.05) is 0 Å². The highest BCUT2D eigenvalue weighted by atomic mass is 16.3. The van der Waals surface area contributed by atoms with E-state index in [1.807, 2.05) is 0 Å². The fourth-order valence-electron chi connectivity index (χ4n) is 7.86. The Hall–Kier alpha value is -0.0800. The van der Waals surface area contributed by atoms with Crippen LogP contribution in [0.3, 0.4) is 0 Å². The van der Waals surface area contributed by atoms with Gasteiger partial charge >= 0.3 is 0 Å². The minimum Gasteiger partial charge on any atom is -0.393 e. The molecule has 23 heavy (non-hydrogen) atoms. The van der Waals surface area contributed by atoms with Gasteiger partial charge < -0.3 is 10.2 Å². The van der Waals surface area contributed by atoms with Crippen LogP contribution >= 0.6 is 0 Å². The molecule has 4 aliphatic carbocycles. The predicted molar refractivity (Wildman–Crippen MR) is 92.9 cm³/mol. The molecule has 0 aromatic heterocycles. The summed E-state index contributed by atoms with van der Waals surface area (Å²) in [5.41, 5.74) is 0.0921. The van der Waals surface area contributed by atoms with Gasteiger partial charge in [-0.1, -0.05) is 20.8 Å². The van der Waals surface area contributed by atoms with Crippen molar-refractivity contribution in [1.29, 1.82) is 0 Å². The van der Waals surface area contributed by atoms with Gasteiger partial charge in [-0.15, -0.1) is 0 Å². The van der Waals surface area contributed by atoms with Crippen molar-refractivity contribution in [3.05, 3.63) is 0 Å². The van der Waals surface area contributed by atoms with E-state index in [1.165, 1.54) is 32.1 Å². The van der Waals surface area contributed by atoms with Crippen LogP contribution in [-0.4, -0.2) is 21.9 Å². The lowest BCUT2D eigenvalue weighted by atomic mass is 9.42. The Morgan fingerprint density at radius 3 is 2.30 bits per heavy atom. The van der Waals surface area contributed by atoms with Gasteiger partial charge in [0.15, 0.2) is 0 Å². The molecule has 4 rings (SSSR count). The first-order chi connectivity index (χ1) is 10.7. The van der Waals surface area contributed by atoms with Crippen molar-refractivity contribution in [2.24, 2.45) is 40.4 Å². The molecule has 0 aromatic carbocycles. The number of aliphatic hydroxyl groups excluding tert-OH is 1. The highest BCUT2D eigenvalue weighted by Gasteiger charge is 2.64. The maximum atomic E-state index is 11.0. The second-order valence-electron chi connectivity index (χ2n) is 10.4. The quantitative estimate of drug-likeness (QED) is 0.695. The number of hydrogen-bond acceptors (Lipinski definition) is 2. The second kappa shape index (κ2) is 4.97. The van der Waals surface area contributed by atoms with E-state index in [-0.39, 0.29) is 11.5 Å². The van der Waals surface area contributed by atoms with E-state index < -0.39 is 5.60 Å². The summed E-state index contributed by atoms with van der Waals surface area (Å²) in [6.45, 7) is 9.49. The third-order valence-corrected chi connectivity index (χ3v) is 9.56. The van der Waals surface area contributed by atoms with Gasteiger partial charge in [-0.25, -0.2) is 0 Å². The largest absolute Gasteiger partial charge is 0.393 e. The summed E-state index contributed by atoms with van der Waals surface area (Å²) in [4.78, 5) is 0. The zero-order valence-corrected chi connectivity index (χ0v) is 15.5. The van der Waals surface area contributed by atoms with E-state index in [0.29, 0.717) is 17.3 Å². The van der Waals surface area contributed by atoms with Crippen LogP contribution in [0, 0.1) is 40.4 Å². The summed E-state index contributed by atoms with van der Waals surface area (Å²) in [6, 6.07) is 0. The van der Waals surface area contributed by atoms with Gasteiger partial charge in [-0.2, -0.15) is 0 Å². The van der Waals surface area contributed by atoms with E-state index in [2.05, 4.69) is 27.7 Å². The zero-order chi connectivity index (χ0) is 16.6. The van der Waals surface area contributed by atoms with Gasteiger partial charge in [0.25, 0.3) is 0 Å². The van der Waals surface area contributed by atoms with Crippen LogP contribution in [0.5, 0.6) is 0 Å². The molecule has 9 atom stereocenters. The van der Waals surface area contributed by atoms with Crippen molar-refractivity contribution < 1.29 is 10.2 Å². The van der Waals surface area contributed by atoms with Crippen molar-refractivity contribution in [3.8, 4) is 0 Å². The zero-order valence-electron chi connectivity index (χ0n) is 15.5. The molecule has 0 radical (unpaired) electrons. The molecular weight excluding hydrogens is 284 g/mol. The van der Waals surface area contributed by atoms with Crippen LogP contribution in [0.2, 0.25) is 0 Å². The van der Waals surface area contributed by atoms with Crippen molar-refractivity contribution in [1.82, 2.24) is 0 Å². The highest BCUT2D eigenvalue weighted by molar-refractivity contribution is 5.13. The van der Waals surface area contributed by atoms with Gasteiger partial charge in [0.05, 0.1) is 11.7 Å². The number of fused-ring (bicyclic) bond motifs is 5. The summed E-state index contributed by atoms with van der Waals surface area (Å²) >= 11 is 0. The van der Waals surface area contributed by atoms with Gasteiger partial charge in [0.2, 0.25) is 0 Å². The third kappa shape index (κ3) is 2.06. The Labute approximate surface area is 142 Å². The normalized spacial score (nSPS) is 62.3. The molecule has 0 spiro atoms. The van der Waals surface area contributed by atoms with Crippen LogP contribution in [0.25, 0.3) is 0 Å².